The van der Waals surface area contributed by atoms with Gasteiger partial charge in [0.05, 0.1) is 28.2 Å². The van der Waals surface area contributed by atoms with E-state index in [2.05, 4.69) is 44.7 Å². The molecule has 0 saturated carbocycles. The molecule has 6 heteroatoms. The fourth-order valence-corrected chi connectivity index (χ4v) is 4.27. The summed E-state index contributed by atoms with van der Waals surface area (Å²) in [5.41, 5.74) is 0. The SMILES string of the molecule is S=C=NCC1(CN=C=S)CSCS1. The van der Waals surface area contributed by atoms with Crippen molar-refractivity contribution in [3.05, 3.63) is 0 Å². The molecule has 0 atom stereocenters. The Balaban J connectivity index is 2.61. The van der Waals surface area contributed by atoms with Crippen molar-refractivity contribution in [1.29, 1.82) is 0 Å². The molecule has 0 aliphatic carbocycles. The summed E-state index contributed by atoms with van der Waals surface area (Å²) in [6, 6.07) is 0. The minimum Gasteiger partial charge on any atom is -0.231 e. The van der Waals surface area contributed by atoms with Crippen molar-refractivity contribution in [2.75, 3.05) is 23.9 Å². The Kier molecular flexibility index (Phi) is 5.17. The number of isothiocyanates is 2. The average molecular weight is 248 g/mol. The third-order valence-electron chi connectivity index (χ3n) is 1.68. The van der Waals surface area contributed by atoms with Gasteiger partial charge in [0, 0.05) is 10.8 Å². The van der Waals surface area contributed by atoms with E-state index in [-0.39, 0.29) is 4.75 Å². The van der Waals surface area contributed by atoms with Gasteiger partial charge in [-0.25, -0.2) is 9.98 Å². The molecule has 0 amide bonds. The van der Waals surface area contributed by atoms with Gasteiger partial charge in [-0.15, -0.1) is 23.5 Å². The molecule has 0 aromatic heterocycles. The van der Waals surface area contributed by atoms with Gasteiger partial charge in [0.15, 0.2) is 0 Å². The van der Waals surface area contributed by atoms with Crippen LogP contribution in [0.5, 0.6) is 0 Å². The second-order valence-corrected chi connectivity index (χ2v) is 5.77. The van der Waals surface area contributed by atoms with Crippen LogP contribution in [-0.2, 0) is 0 Å². The molecule has 1 rings (SSSR count). The van der Waals surface area contributed by atoms with Crippen LogP contribution in [0.1, 0.15) is 0 Å². The molecule has 1 aliphatic rings. The zero-order valence-corrected chi connectivity index (χ0v) is 10.1. The highest BCUT2D eigenvalue weighted by Gasteiger charge is 2.34. The minimum absolute atomic E-state index is 0.0856. The highest BCUT2D eigenvalue weighted by atomic mass is 32.2. The fraction of sp³-hybridized carbons (Fsp3) is 0.714. The van der Waals surface area contributed by atoms with E-state index in [0.29, 0.717) is 13.1 Å². The van der Waals surface area contributed by atoms with Gasteiger partial charge in [-0.3, -0.25) is 0 Å². The molecular weight excluding hydrogens is 240 g/mol. The van der Waals surface area contributed by atoms with Crippen molar-refractivity contribution in [3.63, 3.8) is 0 Å². The maximum absolute atomic E-state index is 4.55. The van der Waals surface area contributed by atoms with Crippen molar-refractivity contribution >= 4 is 58.3 Å². The highest BCUT2D eigenvalue weighted by molar-refractivity contribution is 8.20. The van der Waals surface area contributed by atoms with Crippen molar-refractivity contribution in [3.8, 4) is 0 Å². The van der Waals surface area contributed by atoms with Gasteiger partial charge in [-0.2, -0.15) is 0 Å². The molecule has 0 aromatic rings. The molecule has 0 N–H and O–H groups in total. The van der Waals surface area contributed by atoms with E-state index in [1.165, 1.54) is 0 Å². The number of hydrogen-bond acceptors (Lipinski definition) is 6. The molecule has 2 nitrogen and oxygen atoms in total. The van der Waals surface area contributed by atoms with Gasteiger partial charge in [-0.05, 0) is 24.4 Å². The molecule has 0 unspecified atom stereocenters. The van der Waals surface area contributed by atoms with Crippen LogP contribution in [0.25, 0.3) is 0 Å². The molecule has 0 bridgehead atoms. The van der Waals surface area contributed by atoms with Gasteiger partial charge in [0.25, 0.3) is 0 Å². The first kappa shape index (κ1) is 11.4. The largest absolute Gasteiger partial charge is 0.231 e. The Labute approximate surface area is 96.7 Å². The van der Waals surface area contributed by atoms with Crippen molar-refractivity contribution < 1.29 is 0 Å². The summed E-state index contributed by atoms with van der Waals surface area (Å²) < 4.78 is 0.0856. The molecule has 13 heavy (non-hydrogen) atoms. The number of thiocarbonyl (C=S) groups is 2. The predicted molar refractivity (Wildman–Crippen MR) is 67.4 cm³/mol. The number of rotatable bonds is 4. The standard InChI is InChI=1S/C7H8N2S4/c10-4-8-1-7(2-9-5-11)3-12-6-13-7/h1-3,6H2. The lowest BCUT2D eigenvalue weighted by molar-refractivity contribution is 0.687. The zero-order chi connectivity index (χ0) is 9.57. The van der Waals surface area contributed by atoms with E-state index in [9.17, 15) is 0 Å². The fourth-order valence-electron chi connectivity index (χ4n) is 1.02. The first-order chi connectivity index (χ1) is 6.33. The first-order valence-corrected chi connectivity index (χ1v) is 6.58. The van der Waals surface area contributed by atoms with Gasteiger partial charge >= 0.3 is 0 Å². The molecular formula is C7H8N2S4. The Hall–Kier alpha value is 0.300. The van der Waals surface area contributed by atoms with Crippen LogP contribution < -0.4 is 0 Å². The van der Waals surface area contributed by atoms with Crippen LogP contribution in [0.2, 0.25) is 0 Å². The second kappa shape index (κ2) is 5.91. The van der Waals surface area contributed by atoms with E-state index in [1.54, 1.807) is 0 Å². The molecule has 0 spiro atoms. The van der Waals surface area contributed by atoms with E-state index >= 15 is 0 Å². The normalized spacial score (nSPS) is 26.2. The maximum atomic E-state index is 4.55. The van der Waals surface area contributed by atoms with Crippen LogP contribution in [-0.4, -0.2) is 39.0 Å². The summed E-state index contributed by atoms with van der Waals surface area (Å²) in [5, 5.41) is 5.88. The van der Waals surface area contributed by atoms with E-state index in [4.69, 9.17) is 0 Å². The van der Waals surface area contributed by atoms with E-state index < -0.39 is 0 Å². The zero-order valence-electron chi connectivity index (χ0n) is 6.86. The summed E-state index contributed by atoms with van der Waals surface area (Å²) in [6.45, 7) is 1.38. The van der Waals surface area contributed by atoms with Gasteiger partial charge in [-0.1, -0.05) is 0 Å². The summed E-state index contributed by atoms with van der Waals surface area (Å²) >= 11 is 12.9. The topological polar surface area (TPSA) is 24.7 Å². The Bertz CT molecular complexity index is 238. The molecule has 1 aliphatic heterocycles. The third kappa shape index (κ3) is 3.50. The molecule has 70 valence electrons. The van der Waals surface area contributed by atoms with Crippen molar-refractivity contribution in [2.45, 2.75) is 4.75 Å². The van der Waals surface area contributed by atoms with Gasteiger partial charge < -0.3 is 0 Å². The Morgan fingerprint density at radius 2 is 1.85 bits per heavy atom. The lowest BCUT2D eigenvalue weighted by atomic mass is 10.2. The van der Waals surface area contributed by atoms with Crippen LogP contribution in [0.3, 0.4) is 0 Å². The Morgan fingerprint density at radius 3 is 2.23 bits per heavy atom. The quantitative estimate of drug-likeness (QED) is 0.563. The lowest BCUT2D eigenvalue weighted by Crippen LogP contribution is -2.32. The average Bonchev–Trinajstić information content (AvgIpc) is 2.61. The third-order valence-corrected chi connectivity index (χ3v) is 5.03. The number of nitrogens with zero attached hydrogens (tertiary/aromatic N) is 2. The van der Waals surface area contributed by atoms with Crippen LogP contribution in [0, 0.1) is 0 Å². The second-order valence-electron chi connectivity index (χ2n) is 2.61. The number of hydrogen-bond donors (Lipinski definition) is 0. The molecule has 1 heterocycles. The van der Waals surface area contributed by atoms with E-state index in [0.717, 1.165) is 10.8 Å². The molecule has 1 saturated heterocycles. The number of thioether (sulfide) groups is 2. The lowest BCUT2D eigenvalue weighted by Gasteiger charge is -2.21. The maximum Gasteiger partial charge on any atom is 0.0666 e. The summed E-state index contributed by atoms with van der Waals surface area (Å²) in [5.74, 6) is 1.05. The van der Waals surface area contributed by atoms with Gasteiger partial charge in [0.2, 0.25) is 0 Å². The minimum atomic E-state index is 0.0856. The molecule has 0 aromatic carbocycles. The monoisotopic (exact) mass is 248 g/mol. The molecule has 1 fully saturated rings. The number of aliphatic imine (C=N–C) groups is 2. The highest BCUT2D eigenvalue weighted by Crippen LogP contribution is 2.40. The van der Waals surface area contributed by atoms with Crippen molar-refractivity contribution in [1.82, 2.24) is 0 Å². The van der Waals surface area contributed by atoms with Crippen LogP contribution in [0.4, 0.5) is 0 Å². The first-order valence-electron chi connectivity index (χ1n) is 3.62. The Morgan fingerprint density at radius 1 is 1.23 bits per heavy atom. The van der Waals surface area contributed by atoms with Gasteiger partial charge in [0.1, 0.15) is 0 Å². The summed E-state index contributed by atoms with van der Waals surface area (Å²) in [7, 11) is 0. The van der Waals surface area contributed by atoms with E-state index in [1.807, 2.05) is 23.5 Å². The predicted octanol–water partition coefficient (Wildman–Crippen LogP) is 2.37. The van der Waals surface area contributed by atoms with Crippen LogP contribution >= 0.6 is 48.0 Å². The van der Waals surface area contributed by atoms with Crippen molar-refractivity contribution in [2.24, 2.45) is 9.98 Å². The molecule has 0 radical (unpaired) electrons. The smallest absolute Gasteiger partial charge is 0.0666 e. The summed E-state index contributed by atoms with van der Waals surface area (Å²) in [4.78, 5) is 7.98. The van der Waals surface area contributed by atoms with Crippen LogP contribution in [0.15, 0.2) is 9.98 Å². The summed E-state index contributed by atoms with van der Waals surface area (Å²) in [6.07, 6.45) is 0.